The van der Waals surface area contributed by atoms with Gasteiger partial charge in [0.1, 0.15) is 17.3 Å². The molecule has 0 bridgehead atoms. The van der Waals surface area contributed by atoms with Gasteiger partial charge in [-0.3, -0.25) is 0 Å². The average molecular weight is 340 g/mol. The zero-order valence-electron chi connectivity index (χ0n) is 14.8. The SMILES string of the molecule is C=C(O)/C=C\C(=C)C(=O)OC(=C)/C(C)=C\C(=C)C(=C)/C=C(/C)C(=C)O. The van der Waals surface area contributed by atoms with Crippen LogP contribution in [0.4, 0.5) is 0 Å². The largest absolute Gasteiger partial charge is 0.509 e. The molecule has 0 fully saturated rings. The molecular formula is C21H24O4. The van der Waals surface area contributed by atoms with Crippen LogP contribution < -0.4 is 0 Å². The van der Waals surface area contributed by atoms with Gasteiger partial charge >= 0.3 is 5.97 Å². The standard InChI is InChI=1S/C21H24O4/c1-13(9-10-18(6)22)21(24)25-20(8)17(5)12-15(3)14(2)11-16(4)19(7)23/h9-12,22-23H,1-3,6-8H2,4-5H3/b10-9-,16-11-,17-12-. The summed E-state index contributed by atoms with van der Waals surface area (Å²) in [4.78, 5) is 11.9. The molecule has 4 heteroatoms. The van der Waals surface area contributed by atoms with E-state index in [0.29, 0.717) is 22.3 Å². The van der Waals surface area contributed by atoms with Crippen LogP contribution in [-0.4, -0.2) is 16.2 Å². The molecule has 0 saturated carbocycles. The molecule has 0 radical (unpaired) electrons. The van der Waals surface area contributed by atoms with Crippen molar-refractivity contribution >= 4 is 5.97 Å². The predicted molar refractivity (Wildman–Crippen MR) is 103 cm³/mol. The van der Waals surface area contributed by atoms with Crippen LogP contribution >= 0.6 is 0 Å². The van der Waals surface area contributed by atoms with E-state index in [0.717, 1.165) is 0 Å². The molecule has 0 saturated heterocycles. The molecule has 0 atom stereocenters. The van der Waals surface area contributed by atoms with E-state index in [2.05, 4.69) is 39.5 Å². The zero-order chi connectivity index (χ0) is 19.7. The van der Waals surface area contributed by atoms with E-state index in [1.54, 1.807) is 26.0 Å². The summed E-state index contributed by atoms with van der Waals surface area (Å²) < 4.78 is 5.10. The molecule has 0 unspecified atom stereocenters. The lowest BCUT2D eigenvalue weighted by Gasteiger charge is -2.09. The molecule has 132 valence electrons. The number of esters is 1. The van der Waals surface area contributed by atoms with Gasteiger partial charge < -0.3 is 14.9 Å². The Morgan fingerprint density at radius 2 is 1.28 bits per heavy atom. The second-order valence-electron chi connectivity index (χ2n) is 5.31. The van der Waals surface area contributed by atoms with Gasteiger partial charge in [0.05, 0.1) is 5.57 Å². The van der Waals surface area contributed by atoms with Crippen LogP contribution in [0.2, 0.25) is 0 Å². The minimum absolute atomic E-state index is 0.0346. The van der Waals surface area contributed by atoms with Crippen molar-refractivity contribution < 1.29 is 19.7 Å². The Bertz CT molecular complexity index is 740. The summed E-state index contributed by atoms with van der Waals surface area (Å²) in [7, 11) is 0. The van der Waals surface area contributed by atoms with Gasteiger partial charge in [0.15, 0.2) is 0 Å². The van der Waals surface area contributed by atoms with Gasteiger partial charge in [-0.05, 0) is 60.4 Å². The maximum atomic E-state index is 11.9. The van der Waals surface area contributed by atoms with Crippen molar-refractivity contribution in [2.24, 2.45) is 0 Å². The summed E-state index contributed by atoms with van der Waals surface area (Å²) in [6.45, 7) is 25.0. The molecule has 0 aromatic rings. The number of aliphatic hydroxyl groups is 2. The molecule has 0 aromatic heterocycles. The fourth-order valence-electron chi connectivity index (χ4n) is 1.39. The van der Waals surface area contributed by atoms with Crippen molar-refractivity contribution in [3.05, 3.63) is 109 Å². The van der Waals surface area contributed by atoms with Crippen molar-refractivity contribution in [1.29, 1.82) is 0 Å². The van der Waals surface area contributed by atoms with E-state index >= 15 is 0 Å². The summed E-state index contributed by atoms with van der Waals surface area (Å²) in [5, 5.41) is 18.3. The van der Waals surface area contributed by atoms with Gasteiger partial charge in [0.2, 0.25) is 0 Å². The van der Waals surface area contributed by atoms with Crippen molar-refractivity contribution in [3.8, 4) is 0 Å². The average Bonchev–Trinajstić information content (AvgIpc) is 2.51. The fraction of sp³-hybridized carbons (Fsp3) is 0.0952. The van der Waals surface area contributed by atoms with E-state index in [-0.39, 0.29) is 22.9 Å². The van der Waals surface area contributed by atoms with Gasteiger partial charge in [0, 0.05) is 0 Å². The van der Waals surface area contributed by atoms with Gasteiger partial charge in [-0.1, -0.05) is 39.5 Å². The first-order valence-corrected chi connectivity index (χ1v) is 7.25. The van der Waals surface area contributed by atoms with E-state index in [1.165, 1.54) is 12.2 Å². The Morgan fingerprint density at radius 3 is 1.72 bits per heavy atom. The fourth-order valence-corrected chi connectivity index (χ4v) is 1.39. The number of ether oxygens (including phenoxy) is 1. The topological polar surface area (TPSA) is 66.8 Å². The molecule has 0 aliphatic heterocycles. The number of hydrogen-bond donors (Lipinski definition) is 2. The third-order valence-electron chi connectivity index (χ3n) is 3.04. The third kappa shape index (κ3) is 8.23. The van der Waals surface area contributed by atoms with Crippen LogP contribution in [0.15, 0.2) is 109 Å². The summed E-state index contributed by atoms with van der Waals surface area (Å²) in [6, 6.07) is 0. The molecule has 0 rings (SSSR count). The van der Waals surface area contributed by atoms with Crippen LogP contribution in [0.5, 0.6) is 0 Å². The Hall–Kier alpha value is -3.27. The van der Waals surface area contributed by atoms with Gasteiger partial charge in [-0.25, -0.2) is 4.79 Å². The lowest BCUT2D eigenvalue weighted by atomic mass is 10.0. The number of carbonyl (C=O) groups excluding carboxylic acids is 1. The van der Waals surface area contributed by atoms with Gasteiger partial charge in [-0.2, -0.15) is 0 Å². The Balaban J connectivity index is 4.99. The van der Waals surface area contributed by atoms with Crippen LogP contribution in [0.3, 0.4) is 0 Å². The quantitative estimate of drug-likeness (QED) is 0.258. The highest BCUT2D eigenvalue weighted by atomic mass is 16.5. The Kier molecular flexibility index (Phi) is 8.50. The molecule has 4 nitrogen and oxygen atoms in total. The lowest BCUT2D eigenvalue weighted by molar-refractivity contribution is -0.134. The molecule has 0 aliphatic rings. The smallest absolute Gasteiger partial charge is 0.342 e. The summed E-state index contributed by atoms with van der Waals surface area (Å²) in [5.41, 5.74) is 2.30. The van der Waals surface area contributed by atoms with Gasteiger partial charge in [-0.15, -0.1) is 0 Å². The second kappa shape index (κ2) is 9.78. The Morgan fingerprint density at radius 1 is 0.800 bits per heavy atom. The van der Waals surface area contributed by atoms with E-state index < -0.39 is 5.97 Å². The Labute approximate surface area is 149 Å². The van der Waals surface area contributed by atoms with E-state index in [1.807, 2.05) is 0 Å². The number of hydrogen-bond acceptors (Lipinski definition) is 4. The summed E-state index contributed by atoms with van der Waals surface area (Å²) in [6.07, 6.45) is 5.80. The third-order valence-corrected chi connectivity index (χ3v) is 3.04. The highest BCUT2D eigenvalue weighted by Gasteiger charge is 2.10. The van der Waals surface area contributed by atoms with Crippen LogP contribution in [0.25, 0.3) is 0 Å². The number of allylic oxidation sites excluding steroid dienone is 7. The minimum atomic E-state index is -0.702. The first-order chi connectivity index (χ1) is 11.5. The van der Waals surface area contributed by atoms with Crippen molar-refractivity contribution in [2.75, 3.05) is 0 Å². The summed E-state index contributed by atoms with van der Waals surface area (Å²) in [5.74, 6) is -0.826. The van der Waals surface area contributed by atoms with Crippen molar-refractivity contribution in [1.82, 2.24) is 0 Å². The normalized spacial score (nSPS) is 11.8. The number of aliphatic hydroxyl groups excluding tert-OH is 2. The van der Waals surface area contributed by atoms with Gasteiger partial charge in [0.25, 0.3) is 0 Å². The number of carbonyl (C=O) groups is 1. The van der Waals surface area contributed by atoms with Crippen LogP contribution in [-0.2, 0) is 9.53 Å². The van der Waals surface area contributed by atoms with E-state index in [9.17, 15) is 9.90 Å². The molecule has 0 spiro atoms. The lowest BCUT2D eigenvalue weighted by Crippen LogP contribution is -2.06. The maximum Gasteiger partial charge on any atom is 0.342 e. The summed E-state index contributed by atoms with van der Waals surface area (Å²) >= 11 is 0. The first-order valence-electron chi connectivity index (χ1n) is 7.25. The molecule has 0 heterocycles. The van der Waals surface area contributed by atoms with Crippen LogP contribution in [0.1, 0.15) is 13.8 Å². The molecule has 2 N–H and O–H groups in total. The molecule has 25 heavy (non-hydrogen) atoms. The van der Waals surface area contributed by atoms with Crippen molar-refractivity contribution in [3.63, 3.8) is 0 Å². The molecule has 0 aliphatic carbocycles. The number of rotatable bonds is 9. The second-order valence-corrected chi connectivity index (χ2v) is 5.31. The van der Waals surface area contributed by atoms with Crippen LogP contribution in [0, 0.1) is 0 Å². The predicted octanol–water partition coefficient (Wildman–Crippen LogP) is 5.30. The highest BCUT2D eigenvalue weighted by molar-refractivity contribution is 5.91. The zero-order valence-corrected chi connectivity index (χ0v) is 14.8. The molecule has 0 amide bonds. The molecule has 0 aromatic carbocycles. The first kappa shape index (κ1) is 21.7. The van der Waals surface area contributed by atoms with Crippen molar-refractivity contribution in [2.45, 2.75) is 13.8 Å². The van der Waals surface area contributed by atoms with E-state index in [4.69, 9.17) is 9.84 Å². The maximum absolute atomic E-state index is 11.9. The molecular weight excluding hydrogens is 316 g/mol. The highest BCUT2D eigenvalue weighted by Crippen LogP contribution is 2.19. The minimum Gasteiger partial charge on any atom is -0.509 e. The monoisotopic (exact) mass is 340 g/mol.